The maximum Gasteiger partial charge on any atom is 0.263 e. The fourth-order valence-electron chi connectivity index (χ4n) is 1.77. The van der Waals surface area contributed by atoms with Crippen LogP contribution < -0.4 is 11.1 Å². The number of carbonyl (C=O) groups excluding carboxylic acids is 1. The van der Waals surface area contributed by atoms with Crippen LogP contribution in [0.15, 0.2) is 18.2 Å². The van der Waals surface area contributed by atoms with Gasteiger partial charge in [-0.05, 0) is 18.6 Å². The summed E-state index contributed by atoms with van der Waals surface area (Å²) in [5.74, 6) is 1.81. The first kappa shape index (κ1) is 13.4. The second kappa shape index (κ2) is 5.72. The Morgan fingerprint density at radius 2 is 2.32 bits per heavy atom. The Morgan fingerprint density at radius 1 is 1.53 bits per heavy atom. The molecule has 0 spiro atoms. The molecular formula is C14H13FN2OS. The number of thiophene rings is 1. The third-order valence-corrected chi connectivity index (χ3v) is 3.86. The van der Waals surface area contributed by atoms with Gasteiger partial charge in [0, 0.05) is 17.7 Å². The van der Waals surface area contributed by atoms with Crippen molar-refractivity contribution in [1.29, 1.82) is 0 Å². The lowest BCUT2D eigenvalue weighted by Crippen LogP contribution is -2.24. The number of terminal acetylenes is 1. The van der Waals surface area contributed by atoms with Crippen molar-refractivity contribution >= 4 is 33.0 Å². The van der Waals surface area contributed by atoms with Crippen LogP contribution in [0.4, 0.5) is 10.1 Å². The van der Waals surface area contributed by atoms with Gasteiger partial charge >= 0.3 is 0 Å². The van der Waals surface area contributed by atoms with Crippen molar-refractivity contribution in [3.05, 3.63) is 28.9 Å². The van der Waals surface area contributed by atoms with E-state index in [0.717, 1.165) is 0 Å². The number of nitrogen functional groups attached to an aromatic ring is 1. The van der Waals surface area contributed by atoms with Crippen LogP contribution >= 0.6 is 11.3 Å². The molecule has 2 rings (SSSR count). The molecule has 0 aliphatic rings. The summed E-state index contributed by atoms with van der Waals surface area (Å²) in [6, 6.07) is 4.68. The van der Waals surface area contributed by atoms with Gasteiger partial charge < -0.3 is 11.1 Å². The summed E-state index contributed by atoms with van der Waals surface area (Å²) in [5.41, 5.74) is 6.05. The molecule has 3 N–H and O–H groups in total. The molecular weight excluding hydrogens is 263 g/mol. The van der Waals surface area contributed by atoms with Gasteiger partial charge in [0.1, 0.15) is 10.7 Å². The van der Waals surface area contributed by atoms with E-state index >= 15 is 0 Å². The van der Waals surface area contributed by atoms with Crippen molar-refractivity contribution in [1.82, 2.24) is 5.32 Å². The number of fused-ring (bicyclic) bond motifs is 1. The summed E-state index contributed by atoms with van der Waals surface area (Å²) in [6.07, 6.45) is 6.44. The molecule has 0 aliphatic carbocycles. The number of unbranched alkanes of at least 4 members (excludes halogenated alkanes) is 1. The van der Waals surface area contributed by atoms with Crippen LogP contribution in [0.1, 0.15) is 22.5 Å². The molecule has 2 aromatic rings. The van der Waals surface area contributed by atoms with Crippen LogP contribution in [0.25, 0.3) is 10.1 Å². The van der Waals surface area contributed by atoms with Crippen LogP contribution in [0.2, 0.25) is 0 Å². The zero-order chi connectivity index (χ0) is 13.8. The first-order chi connectivity index (χ1) is 9.15. The Morgan fingerprint density at radius 3 is 3.00 bits per heavy atom. The van der Waals surface area contributed by atoms with E-state index in [-0.39, 0.29) is 11.6 Å². The lowest BCUT2D eigenvalue weighted by Gasteiger charge is -2.02. The lowest BCUT2D eigenvalue weighted by atomic mass is 10.2. The molecule has 1 aromatic carbocycles. The third kappa shape index (κ3) is 2.69. The zero-order valence-electron chi connectivity index (χ0n) is 10.2. The highest BCUT2D eigenvalue weighted by Gasteiger charge is 2.18. The maximum atomic E-state index is 13.6. The minimum atomic E-state index is -0.405. The van der Waals surface area contributed by atoms with Gasteiger partial charge in [-0.2, -0.15) is 0 Å². The fraction of sp³-hybridized carbons (Fsp3) is 0.214. The van der Waals surface area contributed by atoms with Gasteiger partial charge in [0.05, 0.1) is 11.1 Å². The predicted octanol–water partition coefficient (Wildman–Crippen LogP) is 2.77. The summed E-state index contributed by atoms with van der Waals surface area (Å²) in [7, 11) is 0. The number of rotatable bonds is 4. The maximum absolute atomic E-state index is 13.6. The molecule has 0 atom stereocenters. The van der Waals surface area contributed by atoms with E-state index in [1.807, 2.05) is 0 Å². The predicted molar refractivity (Wildman–Crippen MR) is 76.6 cm³/mol. The van der Waals surface area contributed by atoms with E-state index in [9.17, 15) is 9.18 Å². The lowest BCUT2D eigenvalue weighted by molar-refractivity contribution is 0.0958. The van der Waals surface area contributed by atoms with Gasteiger partial charge in [0.2, 0.25) is 0 Å². The summed E-state index contributed by atoms with van der Waals surface area (Å²) < 4.78 is 14.3. The molecule has 98 valence electrons. The molecule has 0 radical (unpaired) electrons. The molecule has 0 bridgehead atoms. The van der Waals surface area contributed by atoms with Crippen molar-refractivity contribution in [2.75, 3.05) is 12.3 Å². The van der Waals surface area contributed by atoms with E-state index in [0.29, 0.717) is 34.3 Å². The average molecular weight is 276 g/mol. The number of amides is 1. The Kier molecular flexibility index (Phi) is 4.03. The molecule has 1 amide bonds. The van der Waals surface area contributed by atoms with Crippen LogP contribution in [0.5, 0.6) is 0 Å². The van der Waals surface area contributed by atoms with E-state index in [2.05, 4.69) is 11.2 Å². The molecule has 5 heteroatoms. The molecule has 0 fully saturated rings. The molecule has 0 saturated heterocycles. The molecule has 1 aromatic heterocycles. The topological polar surface area (TPSA) is 55.1 Å². The molecule has 0 unspecified atom stereocenters. The molecule has 0 saturated carbocycles. The van der Waals surface area contributed by atoms with Crippen molar-refractivity contribution in [3.8, 4) is 12.3 Å². The van der Waals surface area contributed by atoms with Gasteiger partial charge in [-0.1, -0.05) is 6.07 Å². The summed E-state index contributed by atoms with van der Waals surface area (Å²) >= 11 is 1.19. The number of hydrogen-bond donors (Lipinski definition) is 2. The largest absolute Gasteiger partial charge is 0.397 e. The summed E-state index contributed by atoms with van der Waals surface area (Å²) in [6.45, 7) is 0.485. The number of hydrogen-bond acceptors (Lipinski definition) is 3. The van der Waals surface area contributed by atoms with Gasteiger partial charge in [-0.25, -0.2) is 4.39 Å². The van der Waals surface area contributed by atoms with Crippen LogP contribution in [-0.4, -0.2) is 12.5 Å². The average Bonchev–Trinajstić information content (AvgIpc) is 2.73. The van der Waals surface area contributed by atoms with Gasteiger partial charge in [0.15, 0.2) is 0 Å². The Labute approximate surface area is 114 Å². The number of nitrogens with two attached hydrogens (primary N) is 1. The van der Waals surface area contributed by atoms with Gasteiger partial charge in [-0.15, -0.1) is 23.7 Å². The van der Waals surface area contributed by atoms with E-state index in [1.165, 1.54) is 17.4 Å². The van der Waals surface area contributed by atoms with Crippen LogP contribution in [-0.2, 0) is 0 Å². The molecule has 19 heavy (non-hydrogen) atoms. The minimum absolute atomic E-state index is 0.201. The number of carbonyl (C=O) groups is 1. The number of anilines is 1. The van der Waals surface area contributed by atoms with Gasteiger partial charge in [0.25, 0.3) is 5.91 Å². The molecule has 0 aliphatic heterocycles. The smallest absolute Gasteiger partial charge is 0.263 e. The summed E-state index contributed by atoms with van der Waals surface area (Å²) in [4.78, 5) is 12.3. The van der Waals surface area contributed by atoms with Crippen molar-refractivity contribution in [2.45, 2.75) is 12.8 Å². The quantitative estimate of drug-likeness (QED) is 0.666. The summed E-state index contributed by atoms with van der Waals surface area (Å²) in [5, 5.41) is 3.05. The zero-order valence-corrected chi connectivity index (χ0v) is 11.0. The highest BCUT2D eigenvalue weighted by molar-refractivity contribution is 7.21. The highest BCUT2D eigenvalue weighted by Crippen LogP contribution is 2.35. The minimum Gasteiger partial charge on any atom is -0.397 e. The Bertz CT molecular complexity index is 657. The number of benzene rings is 1. The van der Waals surface area contributed by atoms with Crippen LogP contribution in [0.3, 0.4) is 0 Å². The third-order valence-electron chi connectivity index (χ3n) is 2.69. The number of halogens is 1. The first-order valence-corrected chi connectivity index (χ1v) is 6.65. The van der Waals surface area contributed by atoms with Crippen molar-refractivity contribution in [3.63, 3.8) is 0 Å². The molecule has 1 heterocycles. The monoisotopic (exact) mass is 276 g/mol. The Balaban J connectivity index is 2.21. The second-order valence-electron chi connectivity index (χ2n) is 4.02. The normalized spacial score (nSPS) is 10.3. The standard InChI is InChI=1S/C14H13FN2OS/c1-2-3-4-8-17-14(18)13-12(16)11-9(15)6-5-7-10(11)19-13/h1,5-7H,3-4,8,16H2,(H,17,18). The SMILES string of the molecule is C#CCCCNC(=O)c1sc2cccc(F)c2c1N. The first-order valence-electron chi connectivity index (χ1n) is 5.83. The van der Waals surface area contributed by atoms with Crippen molar-refractivity contribution < 1.29 is 9.18 Å². The van der Waals surface area contributed by atoms with Gasteiger partial charge in [-0.3, -0.25) is 4.79 Å². The van der Waals surface area contributed by atoms with E-state index < -0.39 is 5.82 Å². The molecule has 3 nitrogen and oxygen atoms in total. The Hall–Kier alpha value is -2.06. The van der Waals surface area contributed by atoms with E-state index in [1.54, 1.807) is 12.1 Å². The highest BCUT2D eigenvalue weighted by atomic mass is 32.1. The van der Waals surface area contributed by atoms with E-state index in [4.69, 9.17) is 12.2 Å². The second-order valence-corrected chi connectivity index (χ2v) is 5.07. The fourth-order valence-corrected chi connectivity index (χ4v) is 2.82. The van der Waals surface area contributed by atoms with Crippen LogP contribution in [0, 0.1) is 18.2 Å². The number of nitrogens with one attached hydrogen (secondary N) is 1. The van der Waals surface area contributed by atoms with Crippen molar-refractivity contribution in [2.24, 2.45) is 0 Å².